The first-order valence-corrected chi connectivity index (χ1v) is 8.76. The van der Waals surface area contributed by atoms with E-state index in [0.29, 0.717) is 5.56 Å². The Balaban J connectivity index is 1.71. The van der Waals surface area contributed by atoms with Crippen molar-refractivity contribution < 1.29 is 15.0 Å². The van der Waals surface area contributed by atoms with Crippen molar-refractivity contribution in [3.63, 3.8) is 0 Å². The fraction of sp³-hybridized carbons (Fsp3) is 0. The third kappa shape index (κ3) is 4.68. The summed E-state index contributed by atoms with van der Waals surface area (Å²) in [5.74, 6) is -0.700. The summed E-state index contributed by atoms with van der Waals surface area (Å²) in [5, 5.41) is 21.7. The molecule has 26 heavy (non-hydrogen) atoms. The molecule has 0 aromatic heterocycles. The first kappa shape index (κ1) is 17.6. The highest BCUT2D eigenvalue weighted by atomic mass is 32.2. The molecule has 0 fully saturated rings. The number of carbonyl (C=O) groups is 1. The first-order chi connectivity index (χ1) is 12.6. The molecule has 0 aliphatic heterocycles. The van der Waals surface area contributed by atoms with Gasteiger partial charge in [0.2, 0.25) is 5.91 Å². The van der Waals surface area contributed by atoms with E-state index in [9.17, 15) is 15.0 Å². The maximum Gasteiger partial charge on any atom is 0.248 e. The largest absolute Gasteiger partial charge is 0.504 e. The van der Waals surface area contributed by atoms with Crippen LogP contribution >= 0.6 is 11.8 Å². The second-order valence-corrected chi connectivity index (χ2v) is 6.60. The minimum Gasteiger partial charge on any atom is -0.504 e. The zero-order valence-corrected chi connectivity index (χ0v) is 14.6. The second-order valence-electron chi connectivity index (χ2n) is 5.48. The van der Waals surface area contributed by atoms with Crippen molar-refractivity contribution in [3.05, 3.63) is 84.4 Å². The maximum absolute atomic E-state index is 12.2. The van der Waals surface area contributed by atoms with Gasteiger partial charge in [-0.3, -0.25) is 4.79 Å². The number of phenols is 2. The predicted molar refractivity (Wildman–Crippen MR) is 104 cm³/mol. The Bertz CT molecular complexity index is 939. The van der Waals surface area contributed by atoms with Gasteiger partial charge in [-0.1, -0.05) is 48.2 Å². The number of benzene rings is 3. The number of rotatable bonds is 5. The summed E-state index contributed by atoms with van der Waals surface area (Å²) < 4.78 is 0. The quantitative estimate of drug-likeness (QED) is 0.445. The molecule has 0 aliphatic carbocycles. The monoisotopic (exact) mass is 363 g/mol. The second kappa shape index (κ2) is 8.27. The molecule has 0 saturated heterocycles. The van der Waals surface area contributed by atoms with E-state index in [4.69, 9.17) is 0 Å². The first-order valence-electron chi connectivity index (χ1n) is 7.95. The maximum atomic E-state index is 12.2. The fourth-order valence-corrected chi connectivity index (χ4v) is 3.19. The normalized spacial score (nSPS) is 10.8. The minimum absolute atomic E-state index is 0.196. The van der Waals surface area contributed by atoms with E-state index in [0.717, 1.165) is 15.5 Å². The van der Waals surface area contributed by atoms with E-state index < -0.39 is 0 Å². The molecule has 3 aromatic carbocycles. The van der Waals surface area contributed by atoms with Crippen LogP contribution in [-0.2, 0) is 4.79 Å². The highest BCUT2D eigenvalue weighted by molar-refractivity contribution is 7.99. The van der Waals surface area contributed by atoms with E-state index in [1.165, 1.54) is 18.2 Å². The summed E-state index contributed by atoms with van der Waals surface area (Å²) in [7, 11) is 0. The molecule has 0 spiro atoms. The van der Waals surface area contributed by atoms with Gasteiger partial charge in [0.1, 0.15) is 0 Å². The Hall–Kier alpha value is -3.18. The Labute approximate surface area is 155 Å². The number of para-hydroxylation sites is 1. The number of aromatic hydroxyl groups is 2. The van der Waals surface area contributed by atoms with Gasteiger partial charge < -0.3 is 15.5 Å². The molecular formula is C21H17NO3S. The summed E-state index contributed by atoms with van der Waals surface area (Å²) >= 11 is 1.57. The molecule has 5 heteroatoms. The van der Waals surface area contributed by atoms with Gasteiger partial charge in [-0.15, -0.1) is 0 Å². The Morgan fingerprint density at radius 2 is 1.62 bits per heavy atom. The summed E-state index contributed by atoms with van der Waals surface area (Å²) in [6.45, 7) is 0. The molecule has 0 radical (unpaired) electrons. The van der Waals surface area contributed by atoms with E-state index in [-0.39, 0.29) is 17.4 Å². The summed E-state index contributed by atoms with van der Waals surface area (Å²) in [6, 6.07) is 21.9. The van der Waals surface area contributed by atoms with E-state index in [1.54, 1.807) is 23.9 Å². The smallest absolute Gasteiger partial charge is 0.248 e. The van der Waals surface area contributed by atoms with E-state index in [2.05, 4.69) is 5.32 Å². The lowest BCUT2D eigenvalue weighted by Gasteiger charge is -2.09. The molecule has 3 rings (SSSR count). The number of phenolic OH excluding ortho intramolecular Hbond substituents is 2. The average molecular weight is 363 g/mol. The third-order valence-corrected chi connectivity index (χ3v) is 4.63. The van der Waals surface area contributed by atoms with Gasteiger partial charge in [-0.05, 0) is 48.0 Å². The van der Waals surface area contributed by atoms with E-state index >= 15 is 0 Å². The molecule has 130 valence electrons. The van der Waals surface area contributed by atoms with Crippen molar-refractivity contribution in [2.45, 2.75) is 9.79 Å². The van der Waals surface area contributed by atoms with Crippen LogP contribution in [0.3, 0.4) is 0 Å². The van der Waals surface area contributed by atoms with Gasteiger partial charge in [0.25, 0.3) is 0 Å². The highest BCUT2D eigenvalue weighted by Gasteiger charge is 2.06. The lowest BCUT2D eigenvalue weighted by Crippen LogP contribution is -2.08. The number of hydrogen-bond donors (Lipinski definition) is 3. The van der Waals surface area contributed by atoms with Gasteiger partial charge in [0.05, 0.1) is 5.69 Å². The Morgan fingerprint density at radius 1 is 0.885 bits per heavy atom. The molecule has 3 aromatic rings. The van der Waals surface area contributed by atoms with Crippen LogP contribution in [-0.4, -0.2) is 16.1 Å². The van der Waals surface area contributed by atoms with Crippen LogP contribution in [0.4, 0.5) is 5.69 Å². The minimum atomic E-state index is -0.279. The van der Waals surface area contributed by atoms with Crippen molar-refractivity contribution in [2.75, 3.05) is 5.32 Å². The Morgan fingerprint density at radius 3 is 2.38 bits per heavy atom. The topological polar surface area (TPSA) is 69.6 Å². The van der Waals surface area contributed by atoms with Crippen LogP contribution < -0.4 is 5.32 Å². The fourth-order valence-electron chi connectivity index (χ4n) is 2.26. The zero-order valence-electron chi connectivity index (χ0n) is 13.8. The summed E-state index contributed by atoms with van der Waals surface area (Å²) in [4.78, 5) is 14.3. The van der Waals surface area contributed by atoms with Gasteiger partial charge in [-0.25, -0.2) is 0 Å². The van der Waals surface area contributed by atoms with Crippen LogP contribution in [0.1, 0.15) is 5.56 Å². The molecule has 0 heterocycles. The lowest BCUT2D eigenvalue weighted by molar-refractivity contribution is -0.111. The van der Waals surface area contributed by atoms with Gasteiger partial charge in [0.15, 0.2) is 11.5 Å². The molecule has 0 bridgehead atoms. The molecule has 0 saturated carbocycles. The summed E-state index contributed by atoms with van der Waals surface area (Å²) in [6.07, 6.45) is 2.96. The van der Waals surface area contributed by atoms with Crippen LogP contribution in [0.25, 0.3) is 6.08 Å². The number of hydrogen-bond acceptors (Lipinski definition) is 4. The molecule has 0 aliphatic rings. The number of carbonyl (C=O) groups excluding carboxylic acids is 1. The average Bonchev–Trinajstić information content (AvgIpc) is 2.65. The van der Waals surface area contributed by atoms with Crippen molar-refractivity contribution in [1.29, 1.82) is 0 Å². The van der Waals surface area contributed by atoms with Crippen LogP contribution in [0, 0.1) is 0 Å². The zero-order chi connectivity index (χ0) is 18.4. The Kier molecular flexibility index (Phi) is 5.61. The van der Waals surface area contributed by atoms with Crippen molar-refractivity contribution in [3.8, 4) is 11.5 Å². The van der Waals surface area contributed by atoms with Crippen molar-refractivity contribution in [2.24, 2.45) is 0 Å². The van der Waals surface area contributed by atoms with Crippen molar-refractivity contribution in [1.82, 2.24) is 0 Å². The van der Waals surface area contributed by atoms with Gasteiger partial charge in [-0.2, -0.15) is 0 Å². The number of anilines is 1. The summed E-state index contributed by atoms with van der Waals surface area (Å²) in [5.41, 5.74) is 1.34. The highest BCUT2D eigenvalue weighted by Crippen LogP contribution is 2.33. The standard InChI is InChI=1S/C21H17NO3S/c23-18-12-10-15(14-19(18)24)11-13-21(25)22-17-8-4-5-9-20(17)26-16-6-2-1-3-7-16/h1-14,23-24H,(H,22,25)/b13-11+. The predicted octanol–water partition coefficient (Wildman–Crippen LogP) is 4.90. The van der Waals surface area contributed by atoms with Crippen LogP contribution in [0.2, 0.25) is 0 Å². The SMILES string of the molecule is O=C(/C=C/c1ccc(O)c(O)c1)Nc1ccccc1Sc1ccccc1. The van der Waals surface area contributed by atoms with Gasteiger partial charge >= 0.3 is 0 Å². The van der Waals surface area contributed by atoms with Crippen LogP contribution in [0.5, 0.6) is 11.5 Å². The van der Waals surface area contributed by atoms with Crippen molar-refractivity contribution >= 4 is 29.4 Å². The molecule has 4 nitrogen and oxygen atoms in total. The third-order valence-electron chi connectivity index (χ3n) is 3.54. The lowest BCUT2D eigenvalue weighted by atomic mass is 10.2. The number of nitrogens with one attached hydrogen (secondary N) is 1. The number of amides is 1. The molecule has 1 amide bonds. The molecule has 0 unspecified atom stereocenters. The van der Waals surface area contributed by atoms with E-state index in [1.807, 2.05) is 54.6 Å². The van der Waals surface area contributed by atoms with Gasteiger partial charge in [0, 0.05) is 15.9 Å². The van der Waals surface area contributed by atoms with Crippen LogP contribution in [0.15, 0.2) is 88.7 Å². The molecule has 0 atom stereocenters. The molecular weight excluding hydrogens is 346 g/mol. The molecule has 3 N–H and O–H groups in total.